The highest BCUT2D eigenvalue weighted by atomic mass is 35.5. The van der Waals surface area contributed by atoms with Gasteiger partial charge >= 0.3 is 0 Å². The summed E-state index contributed by atoms with van der Waals surface area (Å²) in [6.07, 6.45) is 4.34. The van der Waals surface area contributed by atoms with E-state index in [1.807, 2.05) is 24.3 Å². The van der Waals surface area contributed by atoms with Crippen LogP contribution in [0.5, 0.6) is 0 Å². The number of benzene rings is 1. The second kappa shape index (κ2) is 10.9. The van der Waals surface area contributed by atoms with Gasteiger partial charge in [0, 0.05) is 18.7 Å². The molecule has 7 heteroatoms. The number of hydrogen-bond acceptors (Lipinski definition) is 4. The summed E-state index contributed by atoms with van der Waals surface area (Å²) in [6, 6.07) is 10.7. The molecule has 2 heterocycles. The number of furan rings is 1. The average molecular weight is 406 g/mol. The molecular formula is C21H28ClN3O3. The van der Waals surface area contributed by atoms with Gasteiger partial charge in [0.05, 0.1) is 6.26 Å². The van der Waals surface area contributed by atoms with E-state index in [0.29, 0.717) is 30.5 Å². The zero-order valence-corrected chi connectivity index (χ0v) is 16.9. The Kier molecular flexibility index (Phi) is 8.54. The van der Waals surface area contributed by atoms with Crippen molar-refractivity contribution >= 4 is 29.9 Å². The van der Waals surface area contributed by atoms with Gasteiger partial charge in [-0.15, -0.1) is 12.4 Å². The molecular weight excluding hydrogens is 378 g/mol. The molecule has 1 fully saturated rings. The van der Waals surface area contributed by atoms with Crippen LogP contribution in [0, 0.1) is 11.8 Å². The Morgan fingerprint density at radius 1 is 1.18 bits per heavy atom. The normalized spacial score (nSPS) is 15.3. The highest BCUT2D eigenvalue weighted by Gasteiger charge is 2.21. The van der Waals surface area contributed by atoms with Crippen molar-refractivity contribution in [3.63, 3.8) is 0 Å². The lowest BCUT2D eigenvalue weighted by Crippen LogP contribution is -2.33. The monoisotopic (exact) mass is 405 g/mol. The van der Waals surface area contributed by atoms with E-state index < -0.39 is 0 Å². The van der Waals surface area contributed by atoms with E-state index in [2.05, 4.69) is 22.9 Å². The quantitative estimate of drug-likeness (QED) is 0.657. The second-order valence-electron chi connectivity index (χ2n) is 7.17. The van der Waals surface area contributed by atoms with Crippen LogP contribution in [0.1, 0.15) is 42.3 Å². The van der Waals surface area contributed by atoms with Crippen molar-refractivity contribution in [3.8, 4) is 0 Å². The molecule has 0 radical (unpaired) electrons. The number of carbonyl (C=O) groups excluding carboxylic acids is 2. The zero-order chi connectivity index (χ0) is 19.1. The van der Waals surface area contributed by atoms with E-state index in [1.165, 1.54) is 6.26 Å². The summed E-state index contributed by atoms with van der Waals surface area (Å²) < 4.78 is 5.07. The summed E-state index contributed by atoms with van der Waals surface area (Å²) in [6.45, 7) is 4.77. The number of halogens is 1. The van der Waals surface area contributed by atoms with Gasteiger partial charge in [0.1, 0.15) is 0 Å². The van der Waals surface area contributed by atoms with E-state index in [-0.39, 0.29) is 30.0 Å². The van der Waals surface area contributed by atoms with Crippen molar-refractivity contribution in [3.05, 3.63) is 54.0 Å². The molecule has 1 aliphatic rings. The first-order valence-corrected chi connectivity index (χ1v) is 9.53. The molecule has 1 aromatic heterocycles. The molecule has 2 aromatic rings. The fourth-order valence-electron chi connectivity index (χ4n) is 3.45. The largest absolute Gasteiger partial charge is 0.459 e. The number of rotatable bonds is 7. The first kappa shape index (κ1) is 22.0. The van der Waals surface area contributed by atoms with E-state index in [9.17, 15) is 9.59 Å². The molecule has 1 aromatic carbocycles. The number of hydrogen-bond donors (Lipinski definition) is 3. The van der Waals surface area contributed by atoms with Crippen molar-refractivity contribution < 1.29 is 14.0 Å². The minimum Gasteiger partial charge on any atom is -0.459 e. The molecule has 28 heavy (non-hydrogen) atoms. The minimum absolute atomic E-state index is 0. The summed E-state index contributed by atoms with van der Waals surface area (Å²) in [5.41, 5.74) is 1.68. The molecule has 1 saturated heterocycles. The maximum Gasteiger partial charge on any atom is 0.291 e. The van der Waals surface area contributed by atoms with E-state index in [4.69, 9.17) is 4.42 Å². The zero-order valence-electron chi connectivity index (χ0n) is 16.1. The highest BCUT2D eigenvalue weighted by Crippen LogP contribution is 2.24. The molecule has 6 nitrogen and oxygen atoms in total. The van der Waals surface area contributed by atoms with Gasteiger partial charge in [0.2, 0.25) is 5.91 Å². The van der Waals surface area contributed by atoms with Crippen LogP contribution in [0.25, 0.3) is 0 Å². The van der Waals surface area contributed by atoms with Crippen LogP contribution in [-0.2, 0) is 11.3 Å². The third kappa shape index (κ3) is 6.39. The SMILES string of the molecule is CC(CC(=O)NCc1ccc(NC(=O)c2ccco2)cc1)C1CCNCC1.Cl. The molecule has 152 valence electrons. The maximum absolute atomic E-state index is 12.2. The first-order chi connectivity index (χ1) is 13.1. The molecule has 0 aliphatic carbocycles. The Morgan fingerprint density at radius 2 is 1.89 bits per heavy atom. The lowest BCUT2D eigenvalue weighted by molar-refractivity contribution is -0.122. The summed E-state index contributed by atoms with van der Waals surface area (Å²) in [5.74, 6) is 1.12. The van der Waals surface area contributed by atoms with Gasteiger partial charge in [-0.25, -0.2) is 0 Å². The smallest absolute Gasteiger partial charge is 0.291 e. The Bertz CT molecular complexity index is 741. The second-order valence-corrected chi connectivity index (χ2v) is 7.17. The average Bonchev–Trinajstić information content (AvgIpc) is 3.23. The molecule has 3 N–H and O–H groups in total. The molecule has 1 unspecified atom stereocenters. The maximum atomic E-state index is 12.2. The van der Waals surface area contributed by atoms with Crippen molar-refractivity contribution in [2.24, 2.45) is 11.8 Å². The molecule has 0 bridgehead atoms. The van der Waals surface area contributed by atoms with Crippen LogP contribution >= 0.6 is 12.4 Å². The summed E-state index contributed by atoms with van der Waals surface area (Å²) in [7, 11) is 0. The van der Waals surface area contributed by atoms with Gasteiger partial charge in [-0.05, 0) is 67.6 Å². The molecule has 1 aliphatic heterocycles. The van der Waals surface area contributed by atoms with Gasteiger partial charge in [-0.3, -0.25) is 9.59 Å². The number of amides is 2. The Morgan fingerprint density at radius 3 is 2.54 bits per heavy atom. The summed E-state index contributed by atoms with van der Waals surface area (Å²) in [4.78, 5) is 24.2. The molecule has 0 saturated carbocycles. The van der Waals surface area contributed by atoms with Crippen molar-refractivity contribution in [2.45, 2.75) is 32.7 Å². The Balaban J connectivity index is 0.00000280. The van der Waals surface area contributed by atoms with Crippen LogP contribution in [0.4, 0.5) is 5.69 Å². The standard InChI is InChI=1S/C21H27N3O3.ClH/c1-15(17-8-10-22-11-9-17)13-20(25)23-14-16-4-6-18(7-5-16)24-21(26)19-3-2-12-27-19;/h2-7,12,15,17,22H,8-11,13-14H2,1H3,(H,23,25)(H,24,26);1H. The van der Waals surface area contributed by atoms with Gasteiger partial charge in [-0.2, -0.15) is 0 Å². The van der Waals surface area contributed by atoms with Crippen LogP contribution in [0.2, 0.25) is 0 Å². The van der Waals surface area contributed by atoms with Gasteiger partial charge in [-0.1, -0.05) is 19.1 Å². The molecule has 3 rings (SSSR count). The molecule has 0 spiro atoms. The van der Waals surface area contributed by atoms with E-state index in [0.717, 1.165) is 31.5 Å². The van der Waals surface area contributed by atoms with Crippen LogP contribution in [-0.4, -0.2) is 24.9 Å². The lowest BCUT2D eigenvalue weighted by Gasteiger charge is -2.27. The topological polar surface area (TPSA) is 83.4 Å². The summed E-state index contributed by atoms with van der Waals surface area (Å²) >= 11 is 0. The van der Waals surface area contributed by atoms with E-state index in [1.54, 1.807) is 12.1 Å². The molecule has 2 amide bonds. The Hall–Kier alpha value is -2.31. The van der Waals surface area contributed by atoms with Gasteiger partial charge in [0.15, 0.2) is 5.76 Å². The fourth-order valence-corrected chi connectivity index (χ4v) is 3.45. The highest BCUT2D eigenvalue weighted by molar-refractivity contribution is 6.02. The predicted molar refractivity (Wildman–Crippen MR) is 112 cm³/mol. The lowest BCUT2D eigenvalue weighted by atomic mass is 9.84. The minimum atomic E-state index is -0.284. The van der Waals surface area contributed by atoms with Crippen LogP contribution < -0.4 is 16.0 Å². The van der Waals surface area contributed by atoms with E-state index >= 15 is 0 Å². The van der Waals surface area contributed by atoms with Crippen molar-refractivity contribution in [1.82, 2.24) is 10.6 Å². The number of carbonyl (C=O) groups is 2. The third-order valence-electron chi connectivity index (χ3n) is 5.14. The third-order valence-corrected chi connectivity index (χ3v) is 5.14. The van der Waals surface area contributed by atoms with Gasteiger partial charge < -0.3 is 20.4 Å². The van der Waals surface area contributed by atoms with Crippen molar-refractivity contribution in [1.29, 1.82) is 0 Å². The number of anilines is 1. The van der Waals surface area contributed by atoms with Gasteiger partial charge in [0.25, 0.3) is 5.91 Å². The van der Waals surface area contributed by atoms with Crippen molar-refractivity contribution in [2.75, 3.05) is 18.4 Å². The molecule has 1 atom stereocenters. The van der Waals surface area contributed by atoms with Crippen LogP contribution in [0.15, 0.2) is 47.1 Å². The Labute approximate surface area is 171 Å². The first-order valence-electron chi connectivity index (χ1n) is 9.53. The predicted octanol–water partition coefficient (Wildman–Crippen LogP) is 3.60. The van der Waals surface area contributed by atoms with Crippen LogP contribution in [0.3, 0.4) is 0 Å². The number of nitrogens with one attached hydrogen (secondary N) is 3. The fraction of sp³-hybridized carbons (Fsp3) is 0.429. The summed E-state index contributed by atoms with van der Waals surface area (Å²) in [5, 5.41) is 9.13. The number of piperidine rings is 1.